The van der Waals surface area contributed by atoms with Crippen LogP contribution in [0.5, 0.6) is 0 Å². The van der Waals surface area contributed by atoms with Crippen molar-refractivity contribution < 1.29 is 4.79 Å². The van der Waals surface area contributed by atoms with Crippen molar-refractivity contribution in [2.24, 2.45) is 5.73 Å². The van der Waals surface area contributed by atoms with Crippen molar-refractivity contribution in [3.8, 4) is 0 Å². The van der Waals surface area contributed by atoms with Crippen LogP contribution >= 0.6 is 7.92 Å². The highest BCUT2D eigenvalue weighted by Gasteiger charge is 2.15. The standard InChI is InChI=1S/C14H14NOP/c15-14(16)11-17(12-7-3-1-4-8-12)13-9-5-2-6-10-13/h1-10H,11H2,(H2,15,16). The van der Waals surface area contributed by atoms with Gasteiger partial charge in [0, 0.05) is 0 Å². The van der Waals surface area contributed by atoms with Gasteiger partial charge in [-0.05, 0) is 18.5 Å². The van der Waals surface area contributed by atoms with Gasteiger partial charge in [-0.1, -0.05) is 60.7 Å². The maximum Gasteiger partial charge on any atom is 0.222 e. The van der Waals surface area contributed by atoms with Crippen molar-refractivity contribution >= 4 is 24.4 Å². The monoisotopic (exact) mass is 243 g/mol. The van der Waals surface area contributed by atoms with Gasteiger partial charge in [-0.3, -0.25) is 4.79 Å². The molecule has 0 aliphatic carbocycles. The van der Waals surface area contributed by atoms with Gasteiger partial charge in [0.05, 0.1) is 6.16 Å². The number of benzene rings is 2. The van der Waals surface area contributed by atoms with Gasteiger partial charge in [0.25, 0.3) is 0 Å². The van der Waals surface area contributed by atoms with E-state index in [-0.39, 0.29) is 5.91 Å². The number of carbonyl (C=O) groups is 1. The van der Waals surface area contributed by atoms with Crippen LogP contribution in [-0.4, -0.2) is 12.1 Å². The first-order valence-electron chi connectivity index (χ1n) is 5.43. The molecule has 0 atom stereocenters. The Morgan fingerprint density at radius 1 is 0.882 bits per heavy atom. The van der Waals surface area contributed by atoms with Gasteiger partial charge in [-0.2, -0.15) is 0 Å². The predicted molar refractivity (Wildman–Crippen MR) is 73.1 cm³/mol. The summed E-state index contributed by atoms with van der Waals surface area (Å²) in [6.45, 7) is 0. The van der Waals surface area contributed by atoms with E-state index in [0.29, 0.717) is 6.16 Å². The second-order valence-corrected chi connectivity index (χ2v) is 5.93. The molecule has 2 nitrogen and oxygen atoms in total. The molecule has 3 heteroatoms. The first-order chi connectivity index (χ1) is 8.27. The smallest absolute Gasteiger partial charge is 0.222 e. The highest BCUT2D eigenvalue weighted by molar-refractivity contribution is 7.73. The van der Waals surface area contributed by atoms with Gasteiger partial charge in [-0.15, -0.1) is 0 Å². The summed E-state index contributed by atoms with van der Waals surface area (Å²) < 4.78 is 0. The predicted octanol–water partition coefficient (Wildman–Crippen LogP) is 1.60. The summed E-state index contributed by atoms with van der Waals surface area (Å²) >= 11 is 0. The molecular weight excluding hydrogens is 229 g/mol. The molecule has 0 aliphatic heterocycles. The molecular formula is C14H14NOP. The minimum Gasteiger partial charge on any atom is -0.369 e. The molecule has 17 heavy (non-hydrogen) atoms. The van der Waals surface area contributed by atoms with Crippen molar-refractivity contribution in [3.05, 3.63) is 60.7 Å². The molecule has 0 saturated carbocycles. The second kappa shape index (κ2) is 5.60. The zero-order valence-electron chi connectivity index (χ0n) is 9.41. The lowest BCUT2D eigenvalue weighted by atomic mass is 10.4. The van der Waals surface area contributed by atoms with E-state index in [0.717, 1.165) is 0 Å². The minimum absolute atomic E-state index is 0.246. The highest BCUT2D eigenvalue weighted by Crippen LogP contribution is 2.32. The van der Waals surface area contributed by atoms with E-state index in [4.69, 9.17) is 5.73 Å². The maximum absolute atomic E-state index is 11.2. The summed E-state index contributed by atoms with van der Waals surface area (Å²) in [6.07, 6.45) is 0.406. The zero-order chi connectivity index (χ0) is 12.1. The van der Waals surface area contributed by atoms with Crippen LogP contribution in [0.4, 0.5) is 0 Å². The molecule has 2 aromatic rings. The average molecular weight is 243 g/mol. The van der Waals surface area contributed by atoms with Gasteiger partial charge in [0.1, 0.15) is 0 Å². The Labute approximate surface area is 102 Å². The Bertz CT molecular complexity index is 445. The van der Waals surface area contributed by atoms with E-state index in [2.05, 4.69) is 24.3 Å². The van der Waals surface area contributed by atoms with E-state index in [1.807, 2.05) is 36.4 Å². The Balaban J connectivity index is 2.36. The molecule has 0 bridgehead atoms. The number of carbonyl (C=O) groups excluding carboxylic acids is 1. The zero-order valence-corrected chi connectivity index (χ0v) is 10.3. The molecule has 0 unspecified atom stereocenters. The van der Waals surface area contributed by atoms with Crippen LogP contribution in [0.15, 0.2) is 60.7 Å². The summed E-state index contributed by atoms with van der Waals surface area (Å²) in [5.74, 6) is -0.246. The first kappa shape index (κ1) is 11.8. The van der Waals surface area contributed by atoms with Crippen LogP contribution < -0.4 is 16.3 Å². The lowest BCUT2D eigenvalue weighted by Gasteiger charge is -2.16. The molecule has 2 N–H and O–H groups in total. The maximum atomic E-state index is 11.2. The van der Waals surface area contributed by atoms with Gasteiger partial charge in [-0.25, -0.2) is 0 Å². The molecule has 0 fully saturated rings. The summed E-state index contributed by atoms with van der Waals surface area (Å²) in [5, 5.41) is 2.38. The van der Waals surface area contributed by atoms with Crippen LogP contribution in [-0.2, 0) is 4.79 Å². The molecule has 0 radical (unpaired) electrons. The highest BCUT2D eigenvalue weighted by atomic mass is 31.1. The van der Waals surface area contributed by atoms with Crippen LogP contribution in [0.3, 0.4) is 0 Å². The largest absolute Gasteiger partial charge is 0.369 e. The second-order valence-electron chi connectivity index (χ2n) is 3.72. The lowest BCUT2D eigenvalue weighted by molar-refractivity contribution is -0.115. The van der Waals surface area contributed by atoms with Gasteiger partial charge in [0.2, 0.25) is 5.91 Å². The van der Waals surface area contributed by atoms with Crippen molar-refractivity contribution in [2.45, 2.75) is 0 Å². The number of hydrogen-bond acceptors (Lipinski definition) is 1. The van der Waals surface area contributed by atoms with E-state index in [9.17, 15) is 4.79 Å². The Hall–Kier alpha value is -1.66. The van der Waals surface area contributed by atoms with E-state index >= 15 is 0 Å². The number of primary amides is 1. The summed E-state index contributed by atoms with van der Waals surface area (Å²) in [5.41, 5.74) is 5.35. The molecule has 0 aliphatic rings. The molecule has 0 heterocycles. The third-order valence-electron chi connectivity index (χ3n) is 2.45. The lowest BCUT2D eigenvalue weighted by Crippen LogP contribution is -2.23. The topological polar surface area (TPSA) is 43.1 Å². The summed E-state index contributed by atoms with van der Waals surface area (Å²) in [6, 6.07) is 20.2. The van der Waals surface area contributed by atoms with Crippen LogP contribution in [0.1, 0.15) is 0 Å². The summed E-state index contributed by atoms with van der Waals surface area (Å²) in [7, 11) is -0.665. The molecule has 2 aromatic carbocycles. The number of hydrogen-bond donors (Lipinski definition) is 1. The SMILES string of the molecule is NC(=O)CP(c1ccccc1)c1ccccc1. The number of nitrogens with two attached hydrogens (primary N) is 1. The van der Waals surface area contributed by atoms with Crippen LogP contribution in [0.25, 0.3) is 0 Å². The van der Waals surface area contributed by atoms with Crippen molar-refractivity contribution in [1.29, 1.82) is 0 Å². The Kier molecular flexibility index (Phi) is 3.89. The van der Waals surface area contributed by atoms with Crippen molar-refractivity contribution in [1.82, 2.24) is 0 Å². The van der Waals surface area contributed by atoms with Crippen molar-refractivity contribution in [3.63, 3.8) is 0 Å². The van der Waals surface area contributed by atoms with Crippen molar-refractivity contribution in [2.75, 3.05) is 6.16 Å². The van der Waals surface area contributed by atoms with Gasteiger partial charge >= 0.3 is 0 Å². The quantitative estimate of drug-likeness (QED) is 0.814. The Morgan fingerprint density at radius 3 is 1.65 bits per heavy atom. The third kappa shape index (κ3) is 3.15. The third-order valence-corrected chi connectivity index (χ3v) is 4.92. The molecule has 1 amide bonds. The molecule has 2 rings (SSSR count). The fourth-order valence-corrected chi connectivity index (χ4v) is 3.74. The Morgan fingerprint density at radius 2 is 1.29 bits per heavy atom. The number of rotatable bonds is 4. The van der Waals surface area contributed by atoms with Gasteiger partial charge < -0.3 is 5.73 Å². The molecule has 0 spiro atoms. The molecule has 86 valence electrons. The van der Waals surface area contributed by atoms with E-state index in [1.54, 1.807) is 0 Å². The fraction of sp³-hybridized carbons (Fsp3) is 0.0714. The molecule has 0 saturated heterocycles. The van der Waals surface area contributed by atoms with E-state index < -0.39 is 7.92 Å². The van der Waals surface area contributed by atoms with Crippen LogP contribution in [0, 0.1) is 0 Å². The fourth-order valence-electron chi connectivity index (χ4n) is 1.70. The van der Waals surface area contributed by atoms with E-state index in [1.165, 1.54) is 10.6 Å². The van der Waals surface area contributed by atoms with Crippen LogP contribution in [0.2, 0.25) is 0 Å². The number of amides is 1. The summed E-state index contributed by atoms with van der Waals surface area (Å²) in [4.78, 5) is 11.2. The first-order valence-corrected chi connectivity index (χ1v) is 6.96. The average Bonchev–Trinajstić information content (AvgIpc) is 2.38. The normalized spacial score (nSPS) is 10.4. The van der Waals surface area contributed by atoms with Gasteiger partial charge in [0.15, 0.2) is 0 Å². The molecule has 0 aromatic heterocycles. The minimum atomic E-state index is -0.665.